The zero-order valence-electron chi connectivity index (χ0n) is 14.7. The Morgan fingerprint density at radius 2 is 0.762 bits per heavy atom. The lowest BCUT2D eigenvalue weighted by Gasteiger charge is -2.30. The summed E-state index contributed by atoms with van der Waals surface area (Å²) in [6, 6.07) is 0. The van der Waals surface area contributed by atoms with Crippen LogP contribution < -0.4 is 0 Å². The summed E-state index contributed by atoms with van der Waals surface area (Å²) in [7, 11) is 4.72. The molecule has 0 saturated carbocycles. The van der Waals surface area contributed by atoms with Gasteiger partial charge in [0.25, 0.3) is 0 Å². The number of aliphatic hydroxyl groups is 2. The van der Waals surface area contributed by atoms with Crippen molar-refractivity contribution in [2.75, 3.05) is 40.4 Å². The zero-order chi connectivity index (χ0) is 15.8. The lowest BCUT2D eigenvalue weighted by Crippen LogP contribution is -2.41. The summed E-state index contributed by atoms with van der Waals surface area (Å²) >= 11 is 0. The SMILES string of the molecule is C[N+](C)(CCCCCCCCO)CCCCCCCCO. The number of nitrogens with zero attached hydrogens (tertiary/aromatic N) is 1. The van der Waals surface area contributed by atoms with E-state index in [1.54, 1.807) is 0 Å². The lowest BCUT2D eigenvalue weighted by molar-refractivity contribution is -0.890. The van der Waals surface area contributed by atoms with Crippen LogP contribution in [-0.4, -0.2) is 55.1 Å². The second-order valence-corrected chi connectivity index (χ2v) is 7.07. The number of aliphatic hydroxyl groups excluding tert-OH is 2. The molecule has 128 valence electrons. The first-order chi connectivity index (χ1) is 10.1. The molecule has 0 aliphatic carbocycles. The van der Waals surface area contributed by atoms with Crippen LogP contribution in [0.15, 0.2) is 0 Å². The second-order valence-electron chi connectivity index (χ2n) is 7.07. The molecule has 0 radical (unpaired) electrons. The number of rotatable bonds is 16. The van der Waals surface area contributed by atoms with E-state index in [1.165, 1.54) is 77.3 Å². The van der Waals surface area contributed by atoms with Gasteiger partial charge in [0.15, 0.2) is 0 Å². The molecule has 0 rings (SSSR count). The van der Waals surface area contributed by atoms with Crippen LogP contribution in [0, 0.1) is 0 Å². The first-order valence-corrected chi connectivity index (χ1v) is 9.16. The molecule has 0 bridgehead atoms. The molecular formula is C18H40NO2+. The van der Waals surface area contributed by atoms with E-state index >= 15 is 0 Å². The van der Waals surface area contributed by atoms with Gasteiger partial charge in [0, 0.05) is 13.2 Å². The first kappa shape index (κ1) is 20.9. The zero-order valence-corrected chi connectivity index (χ0v) is 14.7. The predicted octanol–water partition coefficient (Wildman–Crippen LogP) is 3.73. The normalized spacial score (nSPS) is 12.0. The van der Waals surface area contributed by atoms with Crippen molar-refractivity contribution in [3.8, 4) is 0 Å². The maximum atomic E-state index is 8.73. The number of quaternary nitrogens is 1. The van der Waals surface area contributed by atoms with Crippen molar-refractivity contribution in [1.82, 2.24) is 0 Å². The molecule has 0 aromatic carbocycles. The molecule has 0 unspecified atom stereocenters. The highest BCUT2D eigenvalue weighted by Crippen LogP contribution is 2.11. The van der Waals surface area contributed by atoms with Crippen LogP contribution >= 0.6 is 0 Å². The molecule has 3 nitrogen and oxygen atoms in total. The van der Waals surface area contributed by atoms with Crippen molar-refractivity contribution in [3.63, 3.8) is 0 Å². The molecule has 3 heteroatoms. The summed E-state index contributed by atoms with van der Waals surface area (Å²) in [5, 5.41) is 17.5. The molecule has 2 N–H and O–H groups in total. The van der Waals surface area contributed by atoms with Crippen molar-refractivity contribution < 1.29 is 14.7 Å². The van der Waals surface area contributed by atoms with E-state index in [4.69, 9.17) is 10.2 Å². The Morgan fingerprint density at radius 3 is 1.10 bits per heavy atom. The Hall–Kier alpha value is -0.120. The number of hydrogen-bond donors (Lipinski definition) is 2. The molecule has 0 aromatic rings. The Labute approximate surface area is 133 Å². The summed E-state index contributed by atoms with van der Waals surface area (Å²) in [5.74, 6) is 0. The molecule has 21 heavy (non-hydrogen) atoms. The van der Waals surface area contributed by atoms with Crippen LogP contribution in [-0.2, 0) is 0 Å². The largest absolute Gasteiger partial charge is 0.396 e. The quantitative estimate of drug-likeness (QED) is 0.337. The fourth-order valence-electron chi connectivity index (χ4n) is 2.83. The average molecular weight is 303 g/mol. The summed E-state index contributed by atoms with van der Waals surface area (Å²) in [5.41, 5.74) is 0. The highest BCUT2D eigenvalue weighted by molar-refractivity contribution is 4.47. The minimum Gasteiger partial charge on any atom is -0.396 e. The molecule has 0 amide bonds. The smallest absolute Gasteiger partial charge is 0.0782 e. The van der Waals surface area contributed by atoms with Crippen LogP contribution in [0.3, 0.4) is 0 Å². The van der Waals surface area contributed by atoms with E-state index in [0.717, 1.165) is 17.3 Å². The van der Waals surface area contributed by atoms with E-state index in [0.29, 0.717) is 13.2 Å². The van der Waals surface area contributed by atoms with Gasteiger partial charge in [-0.25, -0.2) is 0 Å². The van der Waals surface area contributed by atoms with Gasteiger partial charge in [-0.2, -0.15) is 0 Å². The molecular weight excluding hydrogens is 262 g/mol. The van der Waals surface area contributed by atoms with Crippen LogP contribution in [0.2, 0.25) is 0 Å². The third kappa shape index (κ3) is 16.1. The van der Waals surface area contributed by atoms with E-state index in [-0.39, 0.29) is 0 Å². The Bertz CT molecular complexity index is 187. The van der Waals surface area contributed by atoms with Gasteiger partial charge in [-0.15, -0.1) is 0 Å². The van der Waals surface area contributed by atoms with Crippen molar-refractivity contribution in [2.45, 2.75) is 77.0 Å². The van der Waals surface area contributed by atoms with Crippen molar-refractivity contribution in [2.24, 2.45) is 0 Å². The minimum absolute atomic E-state index is 0.351. The second kappa shape index (κ2) is 14.8. The van der Waals surface area contributed by atoms with Crippen LogP contribution in [0.5, 0.6) is 0 Å². The fraction of sp³-hybridized carbons (Fsp3) is 1.00. The van der Waals surface area contributed by atoms with Crippen LogP contribution in [0.25, 0.3) is 0 Å². The van der Waals surface area contributed by atoms with Gasteiger partial charge in [0.05, 0.1) is 27.2 Å². The first-order valence-electron chi connectivity index (χ1n) is 9.16. The summed E-state index contributed by atoms with van der Waals surface area (Å²) < 4.78 is 1.16. The molecule has 0 atom stereocenters. The standard InChI is InChI=1S/C18H40NO2/c1-19(2,15-11-7-3-5-9-13-17-20)16-12-8-4-6-10-14-18-21/h20-21H,3-18H2,1-2H3/q+1. The lowest BCUT2D eigenvalue weighted by atomic mass is 10.1. The summed E-state index contributed by atoms with van der Waals surface area (Å²) in [6.07, 6.45) is 14.9. The van der Waals surface area contributed by atoms with Gasteiger partial charge >= 0.3 is 0 Å². The highest BCUT2D eigenvalue weighted by atomic mass is 16.3. The highest BCUT2D eigenvalue weighted by Gasteiger charge is 2.13. The Morgan fingerprint density at radius 1 is 0.476 bits per heavy atom. The van der Waals surface area contributed by atoms with Gasteiger partial charge in [0.1, 0.15) is 0 Å². The van der Waals surface area contributed by atoms with E-state index in [9.17, 15) is 0 Å². The Balaban J connectivity index is 3.35. The third-order valence-electron chi connectivity index (χ3n) is 4.34. The molecule has 0 saturated heterocycles. The molecule has 0 aromatic heterocycles. The van der Waals surface area contributed by atoms with Gasteiger partial charge in [-0.3, -0.25) is 0 Å². The van der Waals surface area contributed by atoms with Crippen molar-refractivity contribution in [1.29, 1.82) is 0 Å². The third-order valence-corrected chi connectivity index (χ3v) is 4.34. The van der Waals surface area contributed by atoms with Gasteiger partial charge in [0.2, 0.25) is 0 Å². The van der Waals surface area contributed by atoms with E-state index in [2.05, 4.69) is 14.1 Å². The maximum Gasteiger partial charge on any atom is 0.0782 e. The number of hydrogen-bond acceptors (Lipinski definition) is 2. The van der Waals surface area contributed by atoms with Gasteiger partial charge in [-0.05, 0) is 38.5 Å². The van der Waals surface area contributed by atoms with Crippen molar-refractivity contribution in [3.05, 3.63) is 0 Å². The molecule has 0 fully saturated rings. The molecule has 0 spiro atoms. The molecule has 0 aliphatic rings. The van der Waals surface area contributed by atoms with Gasteiger partial charge < -0.3 is 14.7 Å². The van der Waals surface area contributed by atoms with Crippen LogP contribution in [0.1, 0.15) is 77.0 Å². The van der Waals surface area contributed by atoms with E-state index in [1.807, 2.05) is 0 Å². The molecule has 0 aliphatic heterocycles. The maximum absolute atomic E-state index is 8.73. The number of unbranched alkanes of at least 4 members (excludes halogenated alkanes) is 10. The monoisotopic (exact) mass is 302 g/mol. The Kier molecular flexibility index (Phi) is 14.7. The topological polar surface area (TPSA) is 40.5 Å². The summed E-state index contributed by atoms with van der Waals surface area (Å²) in [4.78, 5) is 0. The summed E-state index contributed by atoms with van der Waals surface area (Å²) in [6.45, 7) is 3.29. The molecule has 0 heterocycles. The van der Waals surface area contributed by atoms with E-state index < -0.39 is 0 Å². The average Bonchev–Trinajstić information content (AvgIpc) is 2.45. The van der Waals surface area contributed by atoms with Crippen molar-refractivity contribution >= 4 is 0 Å². The minimum atomic E-state index is 0.351. The van der Waals surface area contributed by atoms with Gasteiger partial charge in [-0.1, -0.05) is 38.5 Å². The van der Waals surface area contributed by atoms with Crippen LogP contribution in [0.4, 0.5) is 0 Å². The predicted molar refractivity (Wildman–Crippen MR) is 91.4 cm³/mol. The fourth-order valence-corrected chi connectivity index (χ4v) is 2.83.